The molecule has 108 valence electrons. The van der Waals surface area contributed by atoms with Gasteiger partial charge in [-0.2, -0.15) is 0 Å². The van der Waals surface area contributed by atoms with E-state index in [1.165, 1.54) is 0 Å². The third kappa shape index (κ3) is 3.54. The standard InChI is InChI=1S/C14H20N4O2/c1-4-20-13(19)10-18(11(2)3)9-12-8-17-7-5-6-15-14(17)16-12/h5-8,11H,4,9-10H2,1-3H3. The maximum atomic E-state index is 11.6. The first-order valence-electron chi connectivity index (χ1n) is 6.78. The predicted octanol–water partition coefficient (Wildman–Crippen LogP) is 1.50. The van der Waals surface area contributed by atoms with E-state index in [1.54, 1.807) is 6.20 Å². The average Bonchev–Trinajstić information content (AvgIpc) is 2.80. The molecule has 20 heavy (non-hydrogen) atoms. The van der Waals surface area contributed by atoms with Crippen LogP contribution in [0, 0.1) is 0 Å². The minimum atomic E-state index is -0.205. The van der Waals surface area contributed by atoms with Crippen LogP contribution in [0.4, 0.5) is 0 Å². The summed E-state index contributed by atoms with van der Waals surface area (Å²) in [4.78, 5) is 22.3. The lowest BCUT2D eigenvalue weighted by Crippen LogP contribution is -2.36. The Labute approximate surface area is 118 Å². The zero-order chi connectivity index (χ0) is 14.5. The van der Waals surface area contributed by atoms with Crippen LogP contribution < -0.4 is 0 Å². The summed E-state index contributed by atoms with van der Waals surface area (Å²) in [5.41, 5.74) is 0.890. The molecular formula is C14H20N4O2. The number of rotatable bonds is 6. The van der Waals surface area contributed by atoms with Crippen molar-refractivity contribution in [2.24, 2.45) is 0 Å². The maximum Gasteiger partial charge on any atom is 0.320 e. The normalized spacial score (nSPS) is 11.4. The van der Waals surface area contributed by atoms with Gasteiger partial charge in [-0.15, -0.1) is 0 Å². The van der Waals surface area contributed by atoms with Crippen LogP contribution in [0.25, 0.3) is 5.78 Å². The van der Waals surface area contributed by atoms with Gasteiger partial charge in [-0.25, -0.2) is 9.97 Å². The number of fused-ring (bicyclic) bond motifs is 1. The molecule has 0 fully saturated rings. The van der Waals surface area contributed by atoms with Crippen molar-refractivity contribution in [1.29, 1.82) is 0 Å². The fraction of sp³-hybridized carbons (Fsp3) is 0.500. The lowest BCUT2D eigenvalue weighted by atomic mass is 10.3. The molecule has 6 nitrogen and oxygen atoms in total. The van der Waals surface area contributed by atoms with Gasteiger partial charge < -0.3 is 4.74 Å². The fourth-order valence-electron chi connectivity index (χ4n) is 1.96. The van der Waals surface area contributed by atoms with E-state index in [9.17, 15) is 4.79 Å². The van der Waals surface area contributed by atoms with Crippen molar-refractivity contribution in [2.45, 2.75) is 33.4 Å². The highest BCUT2D eigenvalue weighted by Crippen LogP contribution is 2.08. The van der Waals surface area contributed by atoms with Crippen LogP contribution in [0.2, 0.25) is 0 Å². The lowest BCUT2D eigenvalue weighted by molar-refractivity contribution is -0.145. The van der Waals surface area contributed by atoms with Gasteiger partial charge in [0.2, 0.25) is 5.78 Å². The van der Waals surface area contributed by atoms with Gasteiger partial charge in [0.05, 0.1) is 18.8 Å². The molecule has 2 rings (SSSR count). The Kier molecular flexibility index (Phi) is 4.68. The second-order valence-electron chi connectivity index (χ2n) is 4.86. The quantitative estimate of drug-likeness (QED) is 0.748. The van der Waals surface area contributed by atoms with E-state index in [0.29, 0.717) is 18.9 Å². The molecule has 0 bridgehead atoms. The molecule has 0 aliphatic rings. The smallest absolute Gasteiger partial charge is 0.320 e. The molecule has 2 aromatic rings. The third-order valence-electron chi connectivity index (χ3n) is 3.02. The molecule has 2 aromatic heterocycles. The molecule has 0 saturated heterocycles. The molecule has 2 heterocycles. The van der Waals surface area contributed by atoms with Crippen LogP contribution in [0.3, 0.4) is 0 Å². The topological polar surface area (TPSA) is 59.7 Å². The molecule has 6 heteroatoms. The van der Waals surface area contributed by atoms with Crippen LogP contribution in [0.5, 0.6) is 0 Å². The van der Waals surface area contributed by atoms with Gasteiger partial charge in [0.1, 0.15) is 0 Å². The van der Waals surface area contributed by atoms with Crippen LogP contribution in [0.1, 0.15) is 26.5 Å². The number of nitrogens with zero attached hydrogens (tertiary/aromatic N) is 4. The van der Waals surface area contributed by atoms with Crippen LogP contribution in [0.15, 0.2) is 24.7 Å². The van der Waals surface area contributed by atoms with E-state index in [4.69, 9.17) is 4.74 Å². The number of hydrogen-bond donors (Lipinski definition) is 0. The van der Waals surface area contributed by atoms with Gasteiger partial charge in [-0.3, -0.25) is 14.1 Å². The molecule has 0 N–H and O–H groups in total. The third-order valence-corrected chi connectivity index (χ3v) is 3.02. The molecular weight excluding hydrogens is 256 g/mol. The summed E-state index contributed by atoms with van der Waals surface area (Å²) in [6, 6.07) is 2.09. The van der Waals surface area contributed by atoms with Crippen molar-refractivity contribution >= 4 is 11.7 Å². The van der Waals surface area contributed by atoms with Crippen molar-refractivity contribution in [2.75, 3.05) is 13.2 Å². The Morgan fingerprint density at radius 2 is 2.30 bits per heavy atom. The second-order valence-corrected chi connectivity index (χ2v) is 4.86. The Morgan fingerprint density at radius 1 is 1.50 bits per heavy atom. The summed E-state index contributed by atoms with van der Waals surface area (Å²) in [5.74, 6) is 0.463. The Balaban J connectivity index is 2.09. The summed E-state index contributed by atoms with van der Waals surface area (Å²) in [6.07, 6.45) is 5.55. The number of ether oxygens (including phenoxy) is 1. The number of carbonyl (C=O) groups is 1. The van der Waals surface area contributed by atoms with Crippen LogP contribution >= 0.6 is 0 Å². The van der Waals surface area contributed by atoms with Crippen LogP contribution in [-0.2, 0) is 16.1 Å². The van der Waals surface area contributed by atoms with E-state index in [0.717, 1.165) is 5.69 Å². The Bertz CT molecular complexity index is 546. The summed E-state index contributed by atoms with van der Waals surface area (Å²) < 4.78 is 6.87. The van der Waals surface area contributed by atoms with Crippen molar-refractivity contribution in [1.82, 2.24) is 19.3 Å². The Hall–Kier alpha value is -1.95. The number of aromatic nitrogens is 3. The van der Waals surface area contributed by atoms with Gasteiger partial charge >= 0.3 is 5.97 Å². The van der Waals surface area contributed by atoms with Crippen molar-refractivity contribution in [3.8, 4) is 0 Å². The minimum Gasteiger partial charge on any atom is -0.465 e. The van der Waals surface area contributed by atoms with Gasteiger partial charge in [0, 0.05) is 31.2 Å². The molecule has 0 aliphatic carbocycles. The molecule has 0 aliphatic heterocycles. The van der Waals surface area contributed by atoms with Crippen molar-refractivity contribution in [3.05, 3.63) is 30.4 Å². The van der Waals surface area contributed by atoms with Gasteiger partial charge in [0.25, 0.3) is 0 Å². The highest BCUT2D eigenvalue weighted by molar-refractivity contribution is 5.71. The highest BCUT2D eigenvalue weighted by atomic mass is 16.5. The number of carbonyl (C=O) groups excluding carboxylic acids is 1. The van der Waals surface area contributed by atoms with Gasteiger partial charge in [-0.05, 0) is 26.8 Å². The zero-order valence-electron chi connectivity index (χ0n) is 12.1. The monoisotopic (exact) mass is 276 g/mol. The molecule has 0 unspecified atom stereocenters. The molecule has 0 spiro atoms. The van der Waals surface area contributed by atoms with Crippen LogP contribution in [-0.4, -0.2) is 44.4 Å². The van der Waals surface area contributed by atoms with E-state index in [1.807, 2.05) is 48.5 Å². The number of imidazole rings is 1. The largest absolute Gasteiger partial charge is 0.465 e. The minimum absolute atomic E-state index is 0.205. The van der Waals surface area contributed by atoms with Crippen molar-refractivity contribution in [3.63, 3.8) is 0 Å². The zero-order valence-corrected chi connectivity index (χ0v) is 12.1. The molecule has 0 amide bonds. The summed E-state index contributed by atoms with van der Waals surface area (Å²) in [7, 11) is 0. The van der Waals surface area contributed by atoms with Gasteiger partial charge in [0.15, 0.2) is 0 Å². The molecule has 0 aromatic carbocycles. The second kappa shape index (κ2) is 6.47. The first-order chi connectivity index (χ1) is 9.60. The predicted molar refractivity (Wildman–Crippen MR) is 75.2 cm³/mol. The van der Waals surface area contributed by atoms with E-state index in [-0.39, 0.29) is 18.6 Å². The maximum absolute atomic E-state index is 11.6. The first kappa shape index (κ1) is 14.5. The number of hydrogen-bond acceptors (Lipinski definition) is 5. The summed E-state index contributed by atoms with van der Waals surface area (Å²) in [6.45, 7) is 7.18. The summed E-state index contributed by atoms with van der Waals surface area (Å²) in [5, 5.41) is 0. The lowest BCUT2D eigenvalue weighted by Gasteiger charge is -2.24. The SMILES string of the molecule is CCOC(=O)CN(Cc1cn2cccnc2n1)C(C)C. The van der Waals surface area contributed by atoms with E-state index >= 15 is 0 Å². The average molecular weight is 276 g/mol. The molecule has 0 radical (unpaired) electrons. The van der Waals surface area contributed by atoms with E-state index < -0.39 is 0 Å². The number of esters is 1. The van der Waals surface area contributed by atoms with E-state index in [2.05, 4.69) is 9.97 Å². The van der Waals surface area contributed by atoms with Gasteiger partial charge in [-0.1, -0.05) is 0 Å². The molecule has 0 atom stereocenters. The van der Waals surface area contributed by atoms with Crippen molar-refractivity contribution < 1.29 is 9.53 Å². The highest BCUT2D eigenvalue weighted by Gasteiger charge is 2.16. The first-order valence-corrected chi connectivity index (χ1v) is 6.78. The molecule has 0 saturated carbocycles. The Morgan fingerprint density at radius 3 is 2.95 bits per heavy atom. The summed E-state index contributed by atoms with van der Waals surface area (Å²) >= 11 is 0. The fourth-order valence-corrected chi connectivity index (χ4v) is 1.96.